The number of aromatic hydroxyl groups is 1. The number of halogens is 1. The molecule has 5 nitrogen and oxygen atoms in total. The maximum atomic E-state index is 10.9. The van der Waals surface area contributed by atoms with Crippen molar-refractivity contribution in [2.45, 2.75) is 0 Å². The Morgan fingerprint density at radius 2 is 1.94 bits per heavy atom. The Labute approximate surface area is 98.4 Å². The third-order valence-electron chi connectivity index (χ3n) is 2.00. The number of carbonyl (C=O) groups is 1. The summed E-state index contributed by atoms with van der Waals surface area (Å²) in [5, 5.41) is 21.6. The molecule has 0 saturated heterocycles. The van der Waals surface area contributed by atoms with Crippen LogP contribution in [0.3, 0.4) is 0 Å². The van der Waals surface area contributed by atoms with Gasteiger partial charge in [0.2, 0.25) is 0 Å². The molecular weight excluding hydrogens is 278 g/mol. The lowest BCUT2D eigenvalue weighted by Crippen LogP contribution is -1.96. The van der Waals surface area contributed by atoms with Crippen LogP contribution in [0.2, 0.25) is 0 Å². The smallest absolute Gasteiger partial charge is 0.375 e. The predicted molar refractivity (Wildman–Crippen MR) is 58.3 cm³/mol. The van der Waals surface area contributed by atoms with E-state index in [0.717, 1.165) is 0 Å². The Morgan fingerprint density at radius 3 is 2.50 bits per heavy atom. The van der Waals surface area contributed by atoms with Gasteiger partial charge in [-0.1, -0.05) is 17.3 Å². The standard InChI is InChI=1S/C10H6BrNO4/c11-9-7(8(10(14)15)16-12-9)5-1-3-6(13)4-2-5/h1-4,13H,(H,14,15). The number of nitrogens with zero attached hydrogens (tertiary/aromatic N) is 1. The zero-order chi connectivity index (χ0) is 11.7. The van der Waals surface area contributed by atoms with Gasteiger partial charge in [-0.2, -0.15) is 0 Å². The van der Waals surface area contributed by atoms with Crippen LogP contribution < -0.4 is 0 Å². The zero-order valence-electron chi connectivity index (χ0n) is 7.85. The summed E-state index contributed by atoms with van der Waals surface area (Å²) in [7, 11) is 0. The van der Waals surface area contributed by atoms with E-state index >= 15 is 0 Å². The molecule has 0 bridgehead atoms. The van der Waals surface area contributed by atoms with Crippen molar-refractivity contribution in [3.63, 3.8) is 0 Å². The number of hydrogen-bond acceptors (Lipinski definition) is 4. The van der Waals surface area contributed by atoms with E-state index in [1.807, 2.05) is 0 Å². The number of hydrogen-bond donors (Lipinski definition) is 2. The van der Waals surface area contributed by atoms with Crippen molar-refractivity contribution < 1.29 is 19.5 Å². The Hall–Kier alpha value is -1.82. The summed E-state index contributed by atoms with van der Waals surface area (Å²) in [6.07, 6.45) is 0. The first-order valence-electron chi connectivity index (χ1n) is 4.27. The van der Waals surface area contributed by atoms with Gasteiger partial charge in [0.1, 0.15) is 5.75 Å². The van der Waals surface area contributed by atoms with E-state index in [2.05, 4.69) is 25.6 Å². The summed E-state index contributed by atoms with van der Waals surface area (Å²) in [6.45, 7) is 0. The van der Waals surface area contributed by atoms with E-state index < -0.39 is 5.97 Å². The molecule has 0 spiro atoms. The van der Waals surface area contributed by atoms with Crippen molar-refractivity contribution in [2.24, 2.45) is 0 Å². The number of aromatic carboxylic acids is 1. The largest absolute Gasteiger partial charge is 0.508 e. The van der Waals surface area contributed by atoms with E-state index in [4.69, 9.17) is 10.2 Å². The first-order valence-corrected chi connectivity index (χ1v) is 5.06. The van der Waals surface area contributed by atoms with Crippen molar-refractivity contribution in [1.82, 2.24) is 5.16 Å². The van der Waals surface area contributed by atoms with Crippen LogP contribution in [-0.2, 0) is 0 Å². The number of benzene rings is 1. The lowest BCUT2D eigenvalue weighted by Gasteiger charge is -1.99. The molecule has 1 heterocycles. The van der Waals surface area contributed by atoms with Crippen LogP contribution in [0.25, 0.3) is 11.1 Å². The van der Waals surface area contributed by atoms with Crippen molar-refractivity contribution in [1.29, 1.82) is 0 Å². The van der Waals surface area contributed by atoms with Crippen LogP contribution in [0.15, 0.2) is 33.4 Å². The van der Waals surface area contributed by atoms with E-state index in [1.54, 1.807) is 12.1 Å². The third kappa shape index (κ3) is 1.79. The fraction of sp³-hybridized carbons (Fsp3) is 0. The maximum Gasteiger partial charge on any atom is 0.375 e. The molecule has 0 saturated carbocycles. The average molecular weight is 284 g/mol. The predicted octanol–water partition coefficient (Wildman–Crippen LogP) is 2.51. The fourth-order valence-electron chi connectivity index (χ4n) is 1.29. The topological polar surface area (TPSA) is 83.6 Å². The van der Waals surface area contributed by atoms with Crippen LogP contribution in [-0.4, -0.2) is 21.3 Å². The summed E-state index contributed by atoms with van der Waals surface area (Å²) in [5.74, 6) is -1.33. The van der Waals surface area contributed by atoms with E-state index in [9.17, 15) is 4.79 Å². The Balaban J connectivity index is 2.58. The average Bonchev–Trinajstić information content (AvgIpc) is 2.62. The molecule has 16 heavy (non-hydrogen) atoms. The summed E-state index contributed by atoms with van der Waals surface area (Å²) >= 11 is 3.11. The highest BCUT2D eigenvalue weighted by Gasteiger charge is 2.21. The molecule has 0 fully saturated rings. The molecule has 0 aliphatic heterocycles. The first kappa shape index (κ1) is 10.7. The molecule has 2 rings (SSSR count). The number of phenols is 1. The molecule has 1 aromatic carbocycles. The number of carboxylic acid groups (broad SMARTS) is 1. The Bertz CT molecular complexity index is 532. The summed E-state index contributed by atoms with van der Waals surface area (Å²) in [5.41, 5.74) is 0.954. The van der Waals surface area contributed by atoms with Gasteiger partial charge in [0.15, 0.2) is 4.60 Å². The summed E-state index contributed by atoms with van der Waals surface area (Å²) in [6, 6.07) is 6.08. The lowest BCUT2D eigenvalue weighted by molar-refractivity contribution is 0.0653. The second-order valence-electron chi connectivity index (χ2n) is 3.03. The third-order valence-corrected chi connectivity index (χ3v) is 2.54. The molecule has 6 heteroatoms. The quantitative estimate of drug-likeness (QED) is 0.885. The van der Waals surface area contributed by atoms with Gasteiger partial charge >= 0.3 is 5.97 Å². The number of aromatic nitrogens is 1. The maximum absolute atomic E-state index is 10.9. The minimum absolute atomic E-state index is 0.105. The van der Waals surface area contributed by atoms with Gasteiger partial charge in [0.25, 0.3) is 5.76 Å². The van der Waals surface area contributed by atoms with E-state index in [0.29, 0.717) is 15.7 Å². The molecule has 1 aromatic heterocycles. The summed E-state index contributed by atoms with van der Waals surface area (Å²) in [4.78, 5) is 10.9. The van der Waals surface area contributed by atoms with Crippen molar-refractivity contribution in [2.75, 3.05) is 0 Å². The van der Waals surface area contributed by atoms with Crippen LogP contribution in [0.1, 0.15) is 10.6 Å². The normalized spacial score (nSPS) is 10.3. The van der Waals surface area contributed by atoms with Crippen LogP contribution >= 0.6 is 15.9 Å². The molecule has 82 valence electrons. The molecule has 2 N–H and O–H groups in total. The minimum atomic E-state index is -1.19. The molecule has 0 atom stereocenters. The zero-order valence-corrected chi connectivity index (χ0v) is 9.43. The molecule has 0 unspecified atom stereocenters. The molecular formula is C10H6BrNO4. The highest BCUT2D eigenvalue weighted by molar-refractivity contribution is 9.10. The first-order chi connectivity index (χ1) is 7.59. The lowest BCUT2D eigenvalue weighted by atomic mass is 10.1. The van der Waals surface area contributed by atoms with Crippen LogP contribution in [0.4, 0.5) is 0 Å². The van der Waals surface area contributed by atoms with E-state index in [1.165, 1.54) is 12.1 Å². The van der Waals surface area contributed by atoms with Gasteiger partial charge in [-0.15, -0.1) is 0 Å². The molecule has 2 aromatic rings. The van der Waals surface area contributed by atoms with Gasteiger partial charge < -0.3 is 14.7 Å². The van der Waals surface area contributed by atoms with Crippen LogP contribution in [0.5, 0.6) is 5.75 Å². The van der Waals surface area contributed by atoms with Gasteiger partial charge in [-0.05, 0) is 33.6 Å². The molecule has 0 aliphatic rings. The van der Waals surface area contributed by atoms with Crippen molar-refractivity contribution in [3.05, 3.63) is 34.6 Å². The minimum Gasteiger partial charge on any atom is -0.508 e. The van der Waals surface area contributed by atoms with Gasteiger partial charge in [0, 0.05) is 0 Å². The van der Waals surface area contributed by atoms with Gasteiger partial charge in [0.05, 0.1) is 5.56 Å². The second-order valence-corrected chi connectivity index (χ2v) is 3.78. The number of rotatable bonds is 2. The highest BCUT2D eigenvalue weighted by Crippen LogP contribution is 2.32. The van der Waals surface area contributed by atoms with Crippen molar-refractivity contribution >= 4 is 21.9 Å². The monoisotopic (exact) mass is 283 g/mol. The Morgan fingerprint density at radius 1 is 1.31 bits per heavy atom. The molecule has 0 amide bonds. The number of carboxylic acids is 1. The molecule has 0 radical (unpaired) electrons. The summed E-state index contributed by atoms with van der Waals surface area (Å²) < 4.78 is 5.00. The molecule has 0 aliphatic carbocycles. The Kier molecular flexibility index (Phi) is 2.66. The second kappa shape index (κ2) is 3.97. The SMILES string of the molecule is O=C(O)c1onc(Br)c1-c1ccc(O)cc1. The van der Waals surface area contributed by atoms with Crippen molar-refractivity contribution in [3.8, 4) is 16.9 Å². The van der Waals surface area contributed by atoms with Crippen LogP contribution in [0, 0.1) is 0 Å². The number of phenolic OH excluding ortho intramolecular Hbond substituents is 1. The van der Waals surface area contributed by atoms with E-state index in [-0.39, 0.29) is 11.5 Å². The fourth-order valence-corrected chi connectivity index (χ4v) is 1.78. The van der Waals surface area contributed by atoms with Gasteiger partial charge in [-0.3, -0.25) is 0 Å². The van der Waals surface area contributed by atoms with Gasteiger partial charge in [-0.25, -0.2) is 4.79 Å². The highest BCUT2D eigenvalue weighted by atomic mass is 79.9.